The van der Waals surface area contributed by atoms with E-state index in [1.54, 1.807) is 48.8 Å². The zero-order valence-electron chi connectivity index (χ0n) is 30.0. The van der Waals surface area contributed by atoms with Crippen LogP contribution >= 0.6 is 15.9 Å². The van der Waals surface area contributed by atoms with Gasteiger partial charge in [-0.15, -0.1) is 0 Å². The standard InChI is InChI=1S/C35H40BrFN10O8/c1-23(48)33-27-17-24(25-19-39-35(40-20-25)55-16-15-54-14-13-53-12-11-52-10-9-51-8-7-41-45-38)5-6-28(27)47(44-33)22-32(49)46-21-26(37)18-29(46)34(50)43-31-4-2-3-30(36)42-31/h2-6,17,19-20,26,29H,7-16,18,21-22H2,1H3,(H,42,43,50)/t26-,29+/m1/s1. The highest BCUT2D eigenvalue weighted by Gasteiger charge is 2.40. The number of Topliss-reactive ketones (excluding diaryl/α,β-unsaturated/α-hetero) is 1. The van der Waals surface area contributed by atoms with Gasteiger partial charge in [-0.3, -0.25) is 19.1 Å². The molecule has 0 saturated carbocycles. The number of ether oxygens (including phenoxy) is 5. The van der Waals surface area contributed by atoms with Gasteiger partial charge in [0.05, 0.1) is 64.9 Å². The first-order valence-corrected chi connectivity index (χ1v) is 18.2. The fourth-order valence-electron chi connectivity index (χ4n) is 5.60. The molecular weight excluding hydrogens is 787 g/mol. The topological polar surface area (TPSA) is 218 Å². The summed E-state index contributed by atoms with van der Waals surface area (Å²) in [6.45, 7) is 4.45. The minimum absolute atomic E-state index is 0.150. The lowest BCUT2D eigenvalue weighted by Crippen LogP contribution is -2.44. The number of carbonyl (C=O) groups is 3. The summed E-state index contributed by atoms with van der Waals surface area (Å²) >= 11 is 3.25. The minimum Gasteiger partial charge on any atom is -0.461 e. The number of nitrogens with one attached hydrogen (secondary N) is 1. The third kappa shape index (κ3) is 12.2. The number of benzene rings is 1. The van der Waals surface area contributed by atoms with E-state index in [-0.39, 0.29) is 49.4 Å². The van der Waals surface area contributed by atoms with Crippen LogP contribution in [0, 0.1) is 0 Å². The van der Waals surface area contributed by atoms with Gasteiger partial charge in [-0.1, -0.05) is 17.2 Å². The molecule has 0 radical (unpaired) electrons. The van der Waals surface area contributed by atoms with Crippen molar-refractivity contribution in [3.8, 4) is 17.1 Å². The predicted molar refractivity (Wildman–Crippen MR) is 199 cm³/mol. The third-order valence-electron chi connectivity index (χ3n) is 8.14. The van der Waals surface area contributed by atoms with Crippen molar-refractivity contribution in [2.24, 2.45) is 5.11 Å². The Morgan fingerprint density at radius 3 is 2.29 bits per heavy atom. The highest BCUT2D eigenvalue weighted by Crippen LogP contribution is 2.28. The van der Waals surface area contributed by atoms with Gasteiger partial charge in [0.25, 0.3) is 0 Å². The van der Waals surface area contributed by atoms with E-state index in [0.29, 0.717) is 86.0 Å². The summed E-state index contributed by atoms with van der Waals surface area (Å²) in [4.78, 5) is 55.8. The molecule has 0 unspecified atom stereocenters. The molecule has 18 nitrogen and oxygen atoms in total. The monoisotopic (exact) mass is 826 g/mol. The molecule has 3 aromatic heterocycles. The minimum atomic E-state index is -1.38. The van der Waals surface area contributed by atoms with Crippen LogP contribution in [-0.2, 0) is 35.1 Å². The molecule has 0 aliphatic carbocycles. The quantitative estimate of drug-likeness (QED) is 0.0295. The van der Waals surface area contributed by atoms with Crippen LogP contribution in [-0.4, -0.2) is 132 Å². The maximum atomic E-state index is 14.6. The van der Waals surface area contributed by atoms with E-state index in [1.807, 2.05) is 0 Å². The number of hydrogen-bond donors (Lipinski definition) is 1. The van der Waals surface area contributed by atoms with Crippen molar-refractivity contribution in [2.45, 2.75) is 32.1 Å². The second kappa shape index (κ2) is 21.1. The van der Waals surface area contributed by atoms with Crippen LogP contribution in [0.5, 0.6) is 6.01 Å². The molecule has 1 saturated heterocycles. The van der Waals surface area contributed by atoms with Gasteiger partial charge in [-0.2, -0.15) is 5.10 Å². The molecule has 0 spiro atoms. The number of likely N-dealkylation sites (tertiary alicyclic amines) is 1. The number of pyridine rings is 1. The summed E-state index contributed by atoms with van der Waals surface area (Å²) in [6, 6.07) is 9.39. The van der Waals surface area contributed by atoms with Gasteiger partial charge in [-0.25, -0.2) is 19.3 Å². The Morgan fingerprint density at radius 1 is 0.964 bits per heavy atom. The van der Waals surface area contributed by atoms with E-state index < -0.39 is 24.0 Å². The molecule has 292 valence electrons. The number of ketones is 1. The van der Waals surface area contributed by atoms with Crippen molar-refractivity contribution < 1.29 is 42.5 Å². The van der Waals surface area contributed by atoms with E-state index in [0.717, 1.165) is 0 Å². The maximum Gasteiger partial charge on any atom is 0.316 e. The van der Waals surface area contributed by atoms with Crippen LogP contribution in [0.4, 0.5) is 10.2 Å². The first-order chi connectivity index (χ1) is 26.7. The second-order valence-corrected chi connectivity index (χ2v) is 12.8. The average Bonchev–Trinajstić information content (AvgIpc) is 3.75. The molecule has 2 atom stereocenters. The molecule has 1 aliphatic heterocycles. The molecule has 4 heterocycles. The fourth-order valence-corrected chi connectivity index (χ4v) is 5.94. The highest BCUT2D eigenvalue weighted by atomic mass is 79.9. The Bertz CT molecular complexity index is 1960. The summed E-state index contributed by atoms with van der Waals surface area (Å²) in [7, 11) is 0. The molecule has 1 aromatic carbocycles. The number of halogens is 2. The number of hydrogen-bond acceptors (Lipinski definition) is 13. The lowest BCUT2D eigenvalue weighted by atomic mass is 10.0. The molecule has 1 aliphatic rings. The summed E-state index contributed by atoms with van der Waals surface area (Å²) in [6.07, 6.45) is 1.65. The van der Waals surface area contributed by atoms with Gasteiger partial charge in [0.1, 0.15) is 41.5 Å². The number of fused-ring (bicyclic) bond motifs is 1. The Kier molecular flexibility index (Phi) is 15.8. The van der Waals surface area contributed by atoms with Crippen molar-refractivity contribution in [2.75, 3.05) is 77.9 Å². The number of anilines is 1. The Hall–Kier alpha value is -5.11. The van der Waals surface area contributed by atoms with Crippen LogP contribution in [0.25, 0.3) is 32.5 Å². The molecule has 4 aromatic rings. The fraction of sp³-hybridized carbons (Fsp3) is 0.457. The van der Waals surface area contributed by atoms with Crippen molar-refractivity contribution in [1.29, 1.82) is 0 Å². The first kappa shape index (κ1) is 41.1. The molecule has 55 heavy (non-hydrogen) atoms. The van der Waals surface area contributed by atoms with E-state index in [4.69, 9.17) is 29.2 Å². The first-order valence-electron chi connectivity index (χ1n) is 17.4. The van der Waals surface area contributed by atoms with Gasteiger partial charge >= 0.3 is 6.01 Å². The van der Waals surface area contributed by atoms with Crippen LogP contribution in [0.15, 0.2) is 58.5 Å². The van der Waals surface area contributed by atoms with Crippen LogP contribution in [0.2, 0.25) is 0 Å². The van der Waals surface area contributed by atoms with Gasteiger partial charge in [0, 0.05) is 48.1 Å². The SMILES string of the molecule is CC(=O)c1nn(CC(=O)N2C[C@H](F)C[C@H]2C(=O)Nc2cccc(Br)n2)c2ccc(-c3cnc(OCCOCCOCCOCCOCCN=[N+]=[N-])nc3)cc12. The van der Waals surface area contributed by atoms with Crippen LogP contribution in [0.3, 0.4) is 0 Å². The van der Waals surface area contributed by atoms with E-state index in [2.05, 4.69) is 51.3 Å². The Labute approximate surface area is 323 Å². The summed E-state index contributed by atoms with van der Waals surface area (Å²) < 4.78 is 43.6. The third-order valence-corrected chi connectivity index (χ3v) is 8.59. The number of aromatic nitrogens is 5. The zero-order valence-corrected chi connectivity index (χ0v) is 31.6. The van der Waals surface area contributed by atoms with Gasteiger partial charge in [0.2, 0.25) is 11.8 Å². The molecule has 1 N–H and O–H groups in total. The number of amides is 2. The largest absolute Gasteiger partial charge is 0.461 e. The molecular formula is C35H40BrFN10O8. The van der Waals surface area contributed by atoms with Crippen molar-refractivity contribution in [3.63, 3.8) is 0 Å². The Morgan fingerprint density at radius 2 is 1.64 bits per heavy atom. The van der Waals surface area contributed by atoms with Crippen molar-refractivity contribution >= 4 is 50.2 Å². The highest BCUT2D eigenvalue weighted by molar-refractivity contribution is 9.10. The molecule has 5 rings (SSSR count). The summed E-state index contributed by atoms with van der Waals surface area (Å²) in [5, 5.41) is 11.0. The molecule has 1 fully saturated rings. The van der Waals surface area contributed by atoms with Gasteiger partial charge < -0.3 is 33.9 Å². The normalized spacial score (nSPS) is 15.2. The predicted octanol–water partition coefficient (Wildman–Crippen LogP) is 4.19. The smallest absolute Gasteiger partial charge is 0.316 e. The van der Waals surface area contributed by atoms with Gasteiger partial charge in [-0.05, 0) is 51.3 Å². The molecule has 20 heteroatoms. The summed E-state index contributed by atoms with van der Waals surface area (Å²) in [5.74, 6) is -1.11. The van der Waals surface area contributed by atoms with Gasteiger partial charge in [0.15, 0.2) is 5.78 Å². The number of alkyl halides is 1. The summed E-state index contributed by atoms with van der Waals surface area (Å²) in [5.41, 5.74) is 10.2. The van der Waals surface area contributed by atoms with Crippen LogP contribution in [0.1, 0.15) is 23.8 Å². The van der Waals surface area contributed by atoms with E-state index in [9.17, 15) is 18.8 Å². The molecule has 0 bridgehead atoms. The number of rotatable bonds is 22. The van der Waals surface area contributed by atoms with E-state index in [1.165, 1.54) is 16.5 Å². The maximum absolute atomic E-state index is 14.6. The lowest BCUT2D eigenvalue weighted by Gasteiger charge is -2.23. The number of carbonyl (C=O) groups excluding carboxylic acids is 3. The Balaban J connectivity index is 1.08. The second-order valence-electron chi connectivity index (χ2n) is 12.0. The van der Waals surface area contributed by atoms with Crippen molar-refractivity contribution in [3.05, 3.63) is 69.5 Å². The zero-order chi connectivity index (χ0) is 39.0. The van der Waals surface area contributed by atoms with Crippen LogP contribution < -0.4 is 10.1 Å². The molecule has 2 amide bonds. The number of azide groups is 1. The lowest BCUT2D eigenvalue weighted by molar-refractivity contribution is -0.137. The van der Waals surface area contributed by atoms with Crippen molar-refractivity contribution in [1.82, 2.24) is 29.6 Å². The van der Waals surface area contributed by atoms with E-state index >= 15 is 0 Å². The number of nitrogens with zero attached hydrogens (tertiary/aromatic N) is 9. The average molecular weight is 828 g/mol.